The molecule has 3 aromatic rings. The molecule has 9 nitrogen and oxygen atoms in total. The highest BCUT2D eigenvalue weighted by Crippen LogP contribution is 2.28. The molecule has 194 valence electrons. The maximum Gasteiger partial charge on any atom is 0.405 e. The molecule has 1 amide bonds. The van der Waals surface area contributed by atoms with Crippen LogP contribution in [0.25, 0.3) is 0 Å². The number of benzene rings is 3. The molecule has 0 saturated carbocycles. The van der Waals surface area contributed by atoms with Crippen LogP contribution in [-0.2, 0) is 26.2 Å². The van der Waals surface area contributed by atoms with Gasteiger partial charge in [-0.2, -0.15) is 4.31 Å². The third-order valence-corrected chi connectivity index (χ3v) is 8.01. The van der Waals surface area contributed by atoms with Gasteiger partial charge in [-0.05, 0) is 46.9 Å². The number of methoxy groups -OCH3 is 1. The van der Waals surface area contributed by atoms with Crippen LogP contribution in [0.4, 0.5) is 4.79 Å². The van der Waals surface area contributed by atoms with Crippen LogP contribution < -0.4 is 10.1 Å². The Morgan fingerprint density at radius 3 is 2.32 bits per heavy atom. The summed E-state index contributed by atoms with van der Waals surface area (Å²) in [7, 11) is -2.31. The Morgan fingerprint density at radius 2 is 1.68 bits per heavy atom. The van der Waals surface area contributed by atoms with Crippen LogP contribution in [0.1, 0.15) is 29.2 Å². The Hall–Kier alpha value is -3.89. The molecule has 37 heavy (non-hydrogen) atoms. The Balaban J connectivity index is 1.38. The number of carbonyl (C=O) groups is 2. The first kappa shape index (κ1) is 26.2. The van der Waals surface area contributed by atoms with Crippen molar-refractivity contribution in [3.8, 4) is 5.75 Å². The van der Waals surface area contributed by atoms with E-state index in [4.69, 9.17) is 4.74 Å². The summed E-state index contributed by atoms with van der Waals surface area (Å²) in [5.74, 6) is 0.183. The molecule has 0 aliphatic carbocycles. The van der Waals surface area contributed by atoms with Gasteiger partial charge in [0.2, 0.25) is 10.0 Å². The SMILES string of the molecule is COC(=O)CC1CN(S(=O)(=O)c2ccc(COc3cccc(C(NC(=O)O)c4ccccc4)c3)cc2)C1. The van der Waals surface area contributed by atoms with Crippen molar-refractivity contribution in [2.75, 3.05) is 20.2 Å². The monoisotopic (exact) mass is 524 g/mol. The fraction of sp³-hybridized carbons (Fsp3) is 0.259. The number of nitrogens with zero attached hydrogens (tertiary/aromatic N) is 1. The quantitative estimate of drug-likeness (QED) is 0.387. The average molecular weight is 525 g/mol. The molecular weight excluding hydrogens is 496 g/mol. The lowest BCUT2D eigenvalue weighted by Crippen LogP contribution is -2.50. The zero-order valence-electron chi connectivity index (χ0n) is 20.2. The Morgan fingerprint density at radius 1 is 1.00 bits per heavy atom. The molecule has 10 heteroatoms. The smallest absolute Gasteiger partial charge is 0.405 e. The molecule has 4 rings (SSSR count). The van der Waals surface area contributed by atoms with Crippen molar-refractivity contribution in [3.05, 3.63) is 95.6 Å². The van der Waals surface area contributed by atoms with Gasteiger partial charge in [-0.25, -0.2) is 13.2 Å². The maximum absolute atomic E-state index is 12.8. The molecule has 3 aromatic carbocycles. The van der Waals surface area contributed by atoms with E-state index in [0.717, 1.165) is 16.7 Å². The fourth-order valence-electron chi connectivity index (χ4n) is 4.15. The highest BCUT2D eigenvalue weighted by molar-refractivity contribution is 7.89. The zero-order chi connectivity index (χ0) is 26.4. The van der Waals surface area contributed by atoms with E-state index in [9.17, 15) is 23.1 Å². The number of amides is 1. The first-order valence-corrected chi connectivity index (χ1v) is 13.1. The summed E-state index contributed by atoms with van der Waals surface area (Å²) in [6.07, 6.45) is -0.925. The number of carbonyl (C=O) groups excluding carboxylic acids is 1. The number of rotatable bonds is 10. The number of carboxylic acid groups (broad SMARTS) is 1. The maximum atomic E-state index is 12.8. The van der Waals surface area contributed by atoms with E-state index in [1.54, 1.807) is 42.5 Å². The molecule has 1 fully saturated rings. The standard InChI is InChI=1S/C27H28N2O7S/c1-35-25(30)14-20-16-29(17-20)37(33,34)24-12-10-19(11-13-24)18-36-23-9-5-8-22(15-23)26(28-27(31)32)21-6-3-2-4-7-21/h2-13,15,20,26,28H,14,16-18H2,1H3,(H,31,32). The molecule has 1 unspecified atom stereocenters. The van der Waals surface area contributed by atoms with Gasteiger partial charge in [-0.15, -0.1) is 0 Å². The summed E-state index contributed by atoms with van der Waals surface area (Å²) in [5, 5.41) is 11.9. The number of hydrogen-bond donors (Lipinski definition) is 2. The normalized spacial score (nSPS) is 14.8. The van der Waals surface area contributed by atoms with Gasteiger partial charge >= 0.3 is 12.1 Å². The third-order valence-electron chi connectivity index (χ3n) is 6.17. The molecular formula is C27H28N2O7S. The van der Waals surface area contributed by atoms with Crippen molar-refractivity contribution >= 4 is 22.1 Å². The van der Waals surface area contributed by atoms with Crippen molar-refractivity contribution in [1.82, 2.24) is 9.62 Å². The average Bonchev–Trinajstić information content (AvgIpc) is 2.88. The summed E-state index contributed by atoms with van der Waals surface area (Å²) in [6, 6.07) is 22.4. The number of nitrogens with one attached hydrogen (secondary N) is 1. The number of ether oxygens (including phenoxy) is 2. The fourth-order valence-corrected chi connectivity index (χ4v) is 5.74. The first-order valence-electron chi connectivity index (χ1n) is 11.7. The minimum atomic E-state index is -3.63. The van der Waals surface area contributed by atoms with Crippen LogP contribution in [0.2, 0.25) is 0 Å². The van der Waals surface area contributed by atoms with E-state index >= 15 is 0 Å². The summed E-state index contributed by atoms with van der Waals surface area (Å²) < 4.78 is 37.6. The van der Waals surface area contributed by atoms with Gasteiger partial charge in [0.05, 0.1) is 24.5 Å². The van der Waals surface area contributed by atoms with Crippen molar-refractivity contribution in [2.45, 2.75) is 24.0 Å². The van der Waals surface area contributed by atoms with Crippen LogP contribution in [-0.4, -0.2) is 50.1 Å². The van der Waals surface area contributed by atoms with Crippen LogP contribution in [0, 0.1) is 5.92 Å². The van der Waals surface area contributed by atoms with Crippen molar-refractivity contribution < 1.29 is 32.6 Å². The lowest BCUT2D eigenvalue weighted by Gasteiger charge is -2.37. The van der Waals surface area contributed by atoms with Gasteiger partial charge in [0, 0.05) is 13.1 Å². The second-order valence-electron chi connectivity index (χ2n) is 8.77. The summed E-state index contributed by atoms with van der Waals surface area (Å²) in [4.78, 5) is 22.9. The van der Waals surface area contributed by atoms with E-state index in [-0.39, 0.29) is 29.8 Å². The minimum absolute atomic E-state index is 0.0298. The second kappa shape index (κ2) is 11.4. The molecule has 2 N–H and O–H groups in total. The van der Waals surface area contributed by atoms with E-state index in [1.165, 1.54) is 11.4 Å². The topological polar surface area (TPSA) is 122 Å². The predicted octanol–water partition coefficient (Wildman–Crippen LogP) is 3.81. The Kier molecular flexibility index (Phi) is 8.10. The van der Waals surface area contributed by atoms with E-state index in [1.807, 2.05) is 36.4 Å². The molecule has 0 aromatic heterocycles. The van der Waals surface area contributed by atoms with E-state index in [2.05, 4.69) is 10.1 Å². The van der Waals surface area contributed by atoms with E-state index < -0.39 is 22.2 Å². The van der Waals surface area contributed by atoms with Crippen LogP contribution >= 0.6 is 0 Å². The van der Waals surface area contributed by atoms with Crippen molar-refractivity contribution in [2.24, 2.45) is 5.92 Å². The molecule has 1 aliphatic heterocycles. The first-order chi connectivity index (χ1) is 17.8. The number of esters is 1. The van der Waals surface area contributed by atoms with E-state index in [0.29, 0.717) is 18.8 Å². The second-order valence-corrected chi connectivity index (χ2v) is 10.7. The Labute approximate surface area is 215 Å². The Bertz CT molecular complexity index is 1340. The predicted molar refractivity (Wildman–Crippen MR) is 136 cm³/mol. The van der Waals surface area contributed by atoms with Crippen LogP contribution in [0.5, 0.6) is 5.75 Å². The van der Waals surface area contributed by atoms with Crippen molar-refractivity contribution in [1.29, 1.82) is 0 Å². The summed E-state index contributed by atoms with van der Waals surface area (Å²) in [5.41, 5.74) is 2.31. The number of sulfonamides is 1. The molecule has 0 radical (unpaired) electrons. The minimum Gasteiger partial charge on any atom is -0.489 e. The highest BCUT2D eigenvalue weighted by atomic mass is 32.2. The van der Waals surface area contributed by atoms with Gasteiger partial charge in [-0.3, -0.25) is 4.79 Å². The zero-order valence-corrected chi connectivity index (χ0v) is 21.1. The lowest BCUT2D eigenvalue weighted by atomic mass is 9.98. The lowest BCUT2D eigenvalue weighted by molar-refractivity contribution is -0.142. The number of hydrogen-bond acceptors (Lipinski definition) is 6. The third kappa shape index (κ3) is 6.46. The van der Waals surface area contributed by atoms with Gasteiger partial charge in [0.25, 0.3) is 0 Å². The molecule has 0 spiro atoms. The van der Waals surface area contributed by atoms with Gasteiger partial charge in [0.1, 0.15) is 12.4 Å². The molecule has 1 heterocycles. The molecule has 0 bridgehead atoms. The van der Waals surface area contributed by atoms with Gasteiger partial charge < -0.3 is 19.9 Å². The molecule has 1 atom stereocenters. The van der Waals surface area contributed by atoms with Gasteiger partial charge in [0.15, 0.2) is 0 Å². The molecule has 1 saturated heterocycles. The van der Waals surface area contributed by atoms with Gasteiger partial charge in [-0.1, -0.05) is 54.6 Å². The molecule has 1 aliphatic rings. The largest absolute Gasteiger partial charge is 0.489 e. The van der Waals surface area contributed by atoms with Crippen molar-refractivity contribution in [3.63, 3.8) is 0 Å². The van der Waals surface area contributed by atoms with Crippen LogP contribution in [0.3, 0.4) is 0 Å². The highest BCUT2D eigenvalue weighted by Gasteiger charge is 2.37. The summed E-state index contributed by atoms with van der Waals surface area (Å²) in [6.45, 7) is 0.787. The summed E-state index contributed by atoms with van der Waals surface area (Å²) >= 11 is 0. The van der Waals surface area contributed by atoms with Crippen LogP contribution in [0.15, 0.2) is 83.8 Å².